The molecule has 0 saturated carbocycles. The average molecular weight is 289 g/mol. The third-order valence-corrected chi connectivity index (χ3v) is 4.55. The van der Waals surface area contributed by atoms with Crippen molar-refractivity contribution >= 4 is 11.8 Å². The van der Waals surface area contributed by atoms with Crippen LogP contribution < -0.4 is 15.2 Å². The van der Waals surface area contributed by atoms with Crippen LogP contribution in [0, 0.1) is 0 Å². The summed E-state index contributed by atoms with van der Waals surface area (Å²) in [5, 5.41) is 1.07. The van der Waals surface area contributed by atoms with Crippen LogP contribution in [0.3, 0.4) is 0 Å². The Morgan fingerprint density at radius 2 is 2.10 bits per heavy atom. The molecule has 2 aliphatic rings. The minimum Gasteiger partial charge on any atom is -0.486 e. The molecule has 2 aromatic rings. The largest absolute Gasteiger partial charge is 0.486 e. The third kappa shape index (κ3) is 1.79. The second-order valence-electron chi connectivity index (χ2n) is 4.75. The predicted molar refractivity (Wildman–Crippen MR) is 77.3 cm³/mol. The third-order valence-electron chi connectivity index (χ3n) is 3.59. The van der Waals surface area contributed by atoms with Crippen LogP contribution in [0.25, 0.3) is 11.3 Å². The highest BCUT2D eigenvalue weighted by molar-refractivity contribution is 7.99. The molecule has 0 unspecified atom stereocenters. The standard InChI is InChI=1S/C14H15N3O2S/c15-8-10-13(16-14-17(10)3-6-20-14)9-1-2-11-12(7-9)19-5-4-18-11/h1-2,7H,3-6,8,15H2. The molecule has 0 bridgehead atoms. The van der Waals surface area contributed by atoms with E-state index in [1.54, 1.807) is 11.8 Å². The lowest BCUT2D eigenvalue weighted by Gasteiger charge is -2.18. The Kier molecular flexibility index (Phi) is 2.85. The molecule has 1 aromatic heterocycles. The van der Waals surface area contributed by atoms with Gasteiger partial charge in [-0.2, -0.15) is 0 Å². The number of hydrogen-bond donors (Lipinski definition) is 1. The number of imidazole rings is 1. The lowest BCUT2D eigenvalue weighted by Crippen LogP contribution is -2.15. The van der Waals surface area contributed by atoms with Crippen molar-refractivity contribution in [3.8, 4) is 22.8 Å². The molecule has 5 nitrogen and oxygen atoms in total. The summed E-state index contributed by atoms with van der Waals surface area (Å²) in [5.74, 6) is 2.67. The van der Waals surface area contributed by atoms with E-state index in [2.05, 4.69) is 4.57 Å². The van der Waals surface area contributed by atoms with Crippen molar-refractivity contribution in [1.82, 2.24) is 9.55 Å². The Labute approximate surface area is 121 Å². The van der Waals surface area contributed by atoms with Crippen molar-refractivity contribution < 1.29 is 9.47 Å². The van der Waals surface area contributed by atoms with Crippen LogP contribution in [0.1, 0.15) is 5.69 Å². The number of benzene rings is 1. The van der Waals surface area contributed by atoms with Crippen molar-refractivity contribution in [3.05, 3.63) is 23.9 Å². The molecule has 4 rings (SSSR count). The topological polar surface area (TPSA) is 62.3 Å². The average Bonchev–Trinajstić information content (AvgIpc) is 3.07. The van der Waals surface area contributed by atoms with Crippen LogP contribution in [0.5, 0.6) is 11.5 Å². The van der Waals surface area contributed by atoms with Gasteiger partial charge in [0.1, 0.15) is 13.2 Å². The Morgan fingerprint density at radius 3 is 2.95 bits per heavy atom. The van der Waals surface area contributed by atoms with E-state index in [1.165, 1.54) is 0 Å². The number of thioether (sulfide) groups is 1. The lowest BCUT2D eigenvalue weighted by molar-refractivity contribution is 0.171. The minimum absolute atomic E-state index is 0.497. The molecule has 0 atom stereocenters. The van der Waals surface area contributed by atoms with Crippen LogP contribution in [-0.4, -0.2) is 28.5 Å². The first kappa shape index (κ1) is 12.1. The maximum atomic E-state index is 5.92. The molecule has 2 N–H and O–H groups in total. The summed E-state index contributed by atoms with van der Waals surface area (Å²) in [6.07, 6.45) is 0. The molecule has 0 spiro atoms. The van der Waals surface area contributed by atoms with Gasteiger partial charge in [0.05, 0.1) is 11.4 Å². The van der Waals surface area contributed by atoms with Crippen LogP contribution >= 0.6 is 11.8 Å². The SMILES string of the molecule is NCc1c(-c2ccc3c(c2)OCCO3)nc2n1CCS2. The van der Waals surface area contributed by atoms with Crippen LogP contribution in [-0.2, 0) is 13.1 Å². The zero-order valence-corrected chi connectivity index (χ0v) is 11.8. The molecule has 2 aliphatic heterocycles. The van der Waals surface area contributed by atoms with Gasteiger partial charge in [0, 0.05) is 24.4 Å². The highest BCUT2D eigenvalue weighted by atomic mass is 32.2. The van der Waals surface area contributed by atoms with Crippen LogP contribution in [0.15, 0.2) is 23.4 Å². The van der Waals surface area contributed by atoms with Crippen molar-refractivity contribution in [2.75, 3.05) is 19.0 Å². The van der Waals surface area contributed by atoms with E-state index in [1.807, 2.05) is 18.2 Å². The van der Waals surface area contributed by atoms with Gasteiger partial charge in [-0.15, -0.1) is 0 Å². The van der Waals surface area contributed by atoms with Gasteiger partial charge in [0.25, 0.3) is 0 Å². The second kappa shape index (κ2) is 4.71. The molecule has 0 saturated heterocycles. The van der Waals surface area contributed by atoms with E-state index in [0.717, 1.165) is 45.9 Å². The first-order chi connectivity index (χ1) is 9.86. The molecule has 0 aliphatic carbocycles. The van der Waals surface area contributed by atoms with Crippen molar-refractivity contribution in [1.29, 1.82) is 0 Å². The maximum Gasteiger partial charge on any atom is 0.168 e. The Bertz CT molecular complexity index is 669. The van der Waals surface area contributed by atoms with E-state index in [0.29, 0.717) is 19.8 Å². The Morgan fingerprint density at radius 1 is 1.25 bits per heavy atom. The number of rotatable bonds is 2. The number of nitrogens with two attached hydrogens (primary N) is 1. The van der Waals surface area contributed by atoms with Crippen molar-refractivity contribution in [2.45, 2.75) is 18.2 Å². The summed E-state index contributed by atoms with van der Waals surface area (Å²) in [7, 11) is 0. The first-order valence-corrected chi connectivity index (χ1v) is 7.67. The summed E-state index contributed by atoms with van der Waals surface area (Å²) < 4.78 is 13.4. The van der Waals surface area contributed by atoms with Gasteiger partial charge < -0.3 is 19.8 Å². The minimum atomic E-state index is 0.497. The molecule has 6 heteroatoms. The summed E-state index contributed by atoms with van der Waals surface area (Å²) >= 11 is 1.78. The molecular weight excluding hydrogens is 274 g/mol. The summed E-state index contributed by atoms with van der Waals surface area (Å²) in [6.45, 7) is 2.69. The van der Waals surface area contributed by atoms with Gasteiger partial charge in [-0.3, -0.25) is 0 Å². The van der Waals surface area contributed by atoms with Gasteiger partial charge in [-0.05, 0) is 18.2 Å². The fourth-order valence-corrected chi connectivity index (χ4v) is 3.63. The molecule has 0 fully saturated rings. The van der Waals surface area contributed by atoms with Gasteiger partial charge in [0.2, 0.25) is 0 Å². The van der Waals surface area contributed by atoms with E-state index in [4.69, 9.17) is 20.2 Å². The molecule has 1 aromatic carbocycles. The Hall–Kier alpha value is -1.66. The van der Waals surface area contributed by atoms with Gasteiger partial charge in [-0.1, -0.05) is 11.8 Å². The van der Waals surface area contributed by atoms with E-state index in [9.17, 15) is 0 Å². The van der Waals surface area contributed by atoms with Crippen LogP contribution in [0.2, 0.25) is 0 Å². The zero-order chi connectivity index (χ0) is 13.5. The summed E-state index contributed by atoms with van der Waals surface area (Å²) in [6, 6.07) is 5.97. The molecule has 104 valence electrons. The number of fused-ring (bicyclic) bond motifs is 2. The molecule has 0 radical (unpaired) electrons. The molecular formula is C14H15N3O2S. The molecule has 3 heterocycles. The van der Waals surface area contributed by atoms with Gasteiger partial charge in [-0.25, -0.2) is 4.98 Å². The lowest BCUT2D eigenvalue weighted by atomic mass is 10.1. The zero-order valence-electron chi connectivity index (χ0n) is 11.0. The molecule has 0 amide bonds. The second-order valence-corrected chi connectivity index (χ2v) is 5.81. The van der Waals surface area contributed by atoms with Gasteiger partial charge in [0.15, 0.2) is 16.7 Å². The number of hydrogen-bond acceptors (Lipinski definition) is 5. The predicted octanol–water partition coefficient (Wildman–Crippen LogP) is 1.89. The van der Waals surface area contributed by atoms with E-state index >= 15 is 0 Å². The highest BCUT2D eigenvalue weighted by Gasteiger charge is 2.22. The number of nitrogens with zero attached hydrogens (tertiary/aromatic N) is 2. The summed E-state index contributed by atoms with van der Waals surface area (Å²) in [5.41, 5.74) is 9.02. The number of ether oxygens (including phenoxy) is 2. The monoisotopic (exact) mass is 289 g/mol. The normalized spacial score (nSPS) is 16.2. The smallest absolute Gasteiger partial charge is 0.168 e. The van der Waals surface area contributed by atoms with Crippen molar-refractivity contribution in [2.24, 2.45) is 5.73 Å². The Balaban J connectivity index is 1.81. The quantitative estimate of drug-likeness (QED) is 0.914. The fraction of sp³-hybridized carbons (Fsp3) is 0.357. The number of aromatic nitrogens is 2. The first-order valence-electron chi connectivity index (χ1n) is 6.69. The van der Waals surface area contributed by atoms with Crippen LogP contribution in [0.4, 0.5) is 0 Å². The van der Waals surface area contributed by atoms with Crippen molar-refractivity contribution in [3.63, 3.8) is 0 Å². The summed E-state index contributed by atoms with van der Waals surface area (Å²) in [4.78, 5) is 4.73. The molecule has 20 heavy (non-hydrogen) atoms. The van der Waals surface area contributed by atoms with E-state index in [-0.39, 0.29) is 0 Å². The fourth-order valence-electron chi connectivity index (χ4n) is 2.66. The maximum absolute atomic E-state index is 5.92. The van der Waals surface area contributed by atoms with Gasteiger partial charge >= 0.3 is 0 Å². The van der Waals surface area contributed by atoms with E-state index < -0.39 is 0 Å². The highest BCUT2D eigenvalue weighted by Crippen LogP contribution is 2.37.